The van der Waals surface area contributed by atoms with E-state index in [1.807, 2.05) is 24.3 Å². The van der Waals surface area contributed by atoms with Gasteiger partial charge in [-0.05, 0) is 54.8 Å². The van der Waals surface area contributed by atoms with Crippen molar-refractivity contribution in [1.29, 1.82) is 0 Å². The number of nitrogens with one attached hydrogen (secondary N) is 2. The van der Waals surface area contributed by atoms with Gasteiger partial charge in [-0.25, -0.2) is 4.79 Å². The molecule has 2 aromatic heterocycles. The highest BCUT2D eigenvalue weighted by molar-refractivity contribution is 5.97. The highest BCUT2D eigenvalue weighted by Crippen LogP contribution is 2.25. The molecule has 0 saturated heterocycles. The summed E-state index contributed by atoms with van der Waals surface area (Å²) in [6, 6.07) is 12.2. The maximum absolute atomic E-state index is 12.0. The summed E-state index contributed by atoms with van der Waals surface area (Å²) in [4.78, 5) is 28.7. The SMILES string of the molecule is Cc1cccc(C)c1/C=C/c1cc(-c2cc3c([nH]2)CCNC3=O)ccn1.O=C(O)C(F)(F)F. The van der Waals surface area contributed by atoms with Crippen LogP contribution in [0.4, 0.5) is 13.2 Å². The Balaban J connectivity index is 0.000000383. The van der Waals surface area contributed by atoms with Gasteiger partial charge in [0.2, 0.25) is 0 Å². The second kappa shape index (κ2) is 9.72. The van der Waals surface area contributed by atoms with Crippen LogP contribution in [0, 0.1) is 13.8 Å². The van der Waals surface area contributed by atoms with Gasteiger partial charge in [0.05, 0.1) is 11.3 Å². The van der Waals surface area contributed by atoms with Crippen molar-refractivity contribution in [2.24, 2.45) is 0 Å². The van der Waals surface area contributed by atoms with Crippen molar-refractivity contribution in [2.75, 3.05) is 6.54 Å². The van der Waals surface area contributed by atoms with E-state index in [1.54, 1.807) is 6.20 Å². The van der Waals surface area contributed by atoms with Gasteiger partial charge in [-0.2, -0.15) is 13.2 Å². The highest BCUT2D eigenvalue weighted by atomic mass is 19.4. The number of hydrogen-bond donors (Lipinski definition) is 3. The standard InChI is InChI=1S/C22H21N3O.C2HF3O2/c1-14-4-3-5-15(2)18(14)7-6-17-12-16(8-10-23-17)21-13-19-20(25-21)9-11-24-22(19)26;3-2(4,5)1(6)7/h3-8,10,12-13,25H,9,11H2,1-2H3,(H,24,26);(H,6,7)/b7-6+;. The topological polar surface area (TPSA) is 95.1 Å². The number of aromatic nitrogens is 2. The molecule has 3 heterocycles. The van der Waals surface area contributed by atoms with Crippen LogP contribution >= 0.6 is 0 Å². The van der Waals surface area contributed by atoms with Crippen molar-refractivity contribution in [3.05, 3.63) is 76.2 Å². The molecule has 4 rings (SSSR count). The summed E-state index contributed by atoms with van der Waals surface area (Å²) in [5.41, 5.74) is 8.36. The normalized spacial score (nSPS) is 13.2. The number of fused-ring (bicyclic) bond motifs is 1. The van der Waals surface area contributed by atoms with E-state index in [-0.39, 0.29) is 5.91 Å². The van der Waals surface area contributed by atoms with E-state index in [9.17, 15) is 18.0 Å². The van der Waals surface area contributed by atoms with Crippen LogP contribution in [0.2, 0.25) is 0 Å². The number of hydrogen-bond acceptors (Lipinski definition) is 3. The van der Waals surface area contributed by atoms with Gasteiger partial charge in [0, 0.05) is 36.1 Å². The molecule has 0 unspecified atom stereocenters. The Bertz CT molecular complexity index is 1190. The van der Waals surface area contributed by atoms with Gasteiger partial charge in [-0.3, -0.25) is 9.78 Å². The van der Waals surface area contributed by atoms with Crippen LogP contribution in [0.3, 0.4) is 0 Å². The third-order valence-electron chi connectivity index (χ3n) is 5.10. The Kier molecular flexibility index (Phi) is 7.01. The number of benzene rings is 1. The fourth-order valence-electron chi connectivity index (χ4n) is 3.41. The van der Waals surface area contributed by atoms with Crippen molar-refractivity contribution in [3.63, 3.8) is 0 Å². The number of aromatic amines is 1. The molecular weight excluding hydrogens is 435 g/mol. The summed E-state index contributed by atoms with van der Waals surface area (Å²) >= 11 is 0. The van der Waals surface area contributed by atoms with Gasteiger partial charge in [0.1, 0.15) is 0 Å². The first-order valence-electron chi connectivity index (χ1n) is 10.1. The number of aryl methyl sites for hydroxylation is 2. The lowest BCUT2D eigenvalue weighted by atomic mass is 10.0. The van der Waals surface area contributed by atoms with Gasteiger partial charge in [0.15, 0.2) is 0 Å². The number of alkyl halides is 3. The molecule has 1 aliphatic rings. The molecule has 0 spiro atoms. The first-order valence-corrected chi connectivity index (χ1v) is 10.1. The number of rotatable bonds is 3. The zero-order valence-corrected chi connectivity index (χ0v) is 18.0. The van der Waals surface area contributed by atoms with Crippen molar-refractivity contribution in [1.82, 2.24) is 15.3 Å². The van der Waals surface area contributed by atoms with Crippen LogP contribution in [0.15, 0.2) is 42.6 Å². The summed E-state index contributed by atoms with van der Waals surface area (Å²) < 4.78 is 31.7. The van der Waals surface area contributed by atoms with Crippen LogP contribution in [0.1, 0.15) is 38.4 Å². The van der Waals surface area contributed by atoms with Crippen LogP contribution in [-0.4, -0.2) is 39.7 Å². The number of H-pyrrole nitrogens is 1. The maximum atomic E-state index is 12.0. The number of aliphatic carboxylic acids is 1. The highest BCUT2D eigenvalue weighted by Gasteiger charge is 2.38. The molecule has 1 aliphatic heterocycles. The second-order valence-electron chi connectivity index (χ2n) is 7.49. The van der Waals surface area contributed by atoms with E-state index >= 15 is 0 Å². The molecule has 0 atom stereocenters. The molecule has 33 heavy (non-hydrogen) atoms. The summed E-state index contributed by atoms with van der Waals surface area (Å²) in [5, 5.41) is 10.0. The van der Waals surface area contributed by atoms with Crippen LogP contribution < -0.4 is 5.32 Å². The predicted molar refractivity (Wildman–Crippen MR) is 119 cm³/mol. The molecule has 6 nitrogen and oxygen atoms in total. The number of carboxylic acids is 1. The molecule has 0 aliphatic carbocycles. The molecule has 3 aromatic rings. The Hall–Kier alpha value is -3.88. The summed E-state index contributed by atoms with van der Waals surface area (Å²) in [6.45, 7) is 4.92. The Morgan fingerprint density at radius 1 is 1.12 bits per heavy atom. The first-order chi connectivity index (χ1) is 15.6. The molecule has 0 fully saturated rings. The summed E-state index contributed by atoms with van der Waals surface area (Å²) in [6.07, 6.45) is 1.71. The largest absolute Gasteiger partial charge is 0.490 e. The van der Waals surface area contributed by atoms with Gasteiger partial charge in [-0.1, -0.05) is 24.3 Å². The minimum absolute atomic E-state index is 0.00189. The predicted octanol–water partition coefficient (Wildman–Crippen LogP) is 4.78. The van der Waals surface area contributed by atoms with Crippen LogP contribution in [-0.2, 0) is 11.2 Å². The number of pyridine rings is 1. The van der Waals surface area contributed by atoms with Crippen molar-refractivity contribution in [2.45, 2.75) is 26.4 Å². The van der Waals surface area contributed by atoms with Gasteiger partial charge >= 0.3 is 12.1 Å². The monoisotopic (exact) mass is 457 g/mol. The molecule has 9 heteroatoms. The third-order valence-corrected chi connectivity index (χ3v) is 5.10. The molecule has 3 N–H and O–H groups in total. The lowest BCUT2D eigenvalue weighted by Gasteiger charge is -2.10. The van der Waals surface area contributed by atoms with Crippen LogP contribution in [0.5, 0.6) is 0 Å². The molecule has 172 valence electrons. The number of carboxylic acid groups (broad SMARTS) is 1. The van der Waals surface area contributed by atoms with E-state index in [1.165, 1.54) is 16.7 Å². The molecular formula is C24H22F3N3O3. The van der Waals surface area contributed by atoms with Gasteiger partial charge in [-0.15, -0.1) is 0 Å². The van der Waals surface area contributed by atoms with E-state index in [2.05, 4.69) is 53.4 Å². The Morgan fingerprint density at radius 3 is 2.39 bits per heavy atom. The number of carbonyl (C=O) groups is 2. The van der Waals surface area contributed by atoms with Crippen molar-refractivity contribution < 1.29 is 27.9 Å². The Labute approximate surface area is 188 Å². The van der Waals surface area contributed by atoms with E-state index in [0.717, 1.165) is 34.6 Å². The molecule has 0 saturated carbocycles. The van der Waals surface area contributed by atoms with Crippen molar-refractivity contribution in [3.8, 4) is 11.3 Å². The fraction of sp³-hybridized carbons (Fsp3) is 0.208. The van der Waals surface area contributed by atoms with E-state index in [4.69, 9.17) is 9.90 Å². The quantitative estimate of drug-likeness (QED) is 0.527. The van der Waals surface area contributed by atoms with Crippen molar-refractivity contribution >= 4 is 24.0 Å². The minimum Gasteiger partial charge on any atom is -0.475 e. The smallest absolute Gasteiger partial charge is 0.475 e. The number of carbonyl (C=O) groups excluding carboxylic acids is 1. The lowest BCUT2D eigenvalue weighted by Crippen LogP contribution is -2.31. The first kappa shape index (κ1) is 23.8. The number of amides is 1. The zero-order valence-electron chi connectivity index (χ0n) is 18.0. The number of nitrogens with zero attached hydrogens (tertiary/aromatic N) is 1. The Morgan fingerprint density at radius 2 is 1.79 bits per heavy atom. The van der Waals surface area contributed by atoms with Gasteiger partial charge < -0.3 is 15.4 Å². The van der Waals surface area contributed by atoms with Gasteiger partial charge in [0.25, 0.3) is 5.91 Å². The van der Waals surface area contributed by atoms with E-state index < -0.39 is 12.1 Å². The lowest BCUT2D eigenvalue weighted by molar-refractivity contribution is -0.192. The maximum Gasteiger partial charge on any atom is 0.490 e. The molecule has 0 radical (unpaired) electrons. The fourth-order valence-corrected chi connectivity index (χ4v) is 3.41. The average molecular weight is 457 g/mol. The van der Waals surface area contributed by atoms with E-state index in [0.29, 0.717) is 6.54 Å². The van der Waals surface area contributed by atoms with Crippen LogP contribution in [0.25, 0.3) is 23.4 Å². The summed E-state index contributed by atoms with van der Waals surface area (Å²) in [7, 11) is 0. The molecule has 1 amide bonds. The summed E-state index contributed by atoms with van der Waals surface area (Å²) in [5.74, 6) is -2.76. The third kappa shape index (κ3) is 5.88. The molecule has 0 bridgehead atoms. The second-order valence-corrected chi connectivity index (χ2v) is 7.49. The average Bonchev–Trinajstić information content (AvgIpc) is 3.19. The minimum atomic E-state index is -5.08. The zero-order chi connectivity index (χ0) is 24.2. The molecule has 1 aromatic carbocycles. The number of halogens is 3.